The van der Waals surface area contributed by atoms with E-state index < -0.39 is 0 Å². The summed E-state index contributed by atoms with van der Waals surface area (Å²) in [7, 11) is 1.64. The van der Waals surface area contributed by atoms with Crippen LogP contribution < -0.4 is 5.32 Å². The molecular formula is C8H16N2O2. The summed E-state index contributed by atoms with van der Waals surface area (Å²) in [6, 6.07) is 0. The molecule has 2 N–H and O–H groups in total. The highest BCUT2D eigenvalue weighted by Crippen LogP contribution is 2.08. The zero-order valence-electron chi connectivity index (χ0n) is 7.42. The second-order valence-electron chi connectivity index (χ2n) is 3.17. The molecule has 0 radical (unpaired) electrons. The van der Waals surface area contributed by atoms with Gasteiger partial charge in [0.05, 0.1) is 6.10 Å². The number of nitrogens with zero attached hydrogens (tertiary/aromatic N) is 1. The van der Waals surface area contributed by atoms with Crippen LogP contribution in [0.5, 0.6) is 0 Å². The summed E-state index contributed by atoms with van der Waals surface area (Å²) in [5.41, 5.74) is 0. The number of carbonyl (C=O) groups excluding carboxylic acids is 1. The summed E-state index contributed by atoms with van der Waals surface area (Å²) in [5.74, 6) is 0.0661. The van der Waals surface area contributed by atoms with Gasteiger partial charge in [-0.1, -0.05) is 0 Å². The number of aliphatic hydroxyl groups is 1. The van der Waals surface area contributed by atoms with E-state index in [1.54, 1.807) is 7.05 Å². The van der Waals surface area contributed by atoms with Crippen LogP contribution in [-0.4, -0.2) is 48.7 Å². The molecular weight excluding hydrogens is 156 g/mol. The van der Waals surface area contributed by atoms with Crippen LogP contribution in [0.2, 0.25) is 0 Å². The third-order valence-corrected chi connectivity index (χ3v) is 2.18. The Morgan fingerprint density at radius 1 is 1.75 bits per heavy atom. The highest BCUT2D eigenvalue weighted by Gasteiger charge is 2.19. The summed E-state index contributed by atoms with van der Waals surface area (Å²) in [6.45, 7) is 2.39. The lowest BCUT2D eigenvalue weighted by atomic mass is 10.3. The van der Waals surface area contributed by atoms with E-state index >= 15 is 0 Å². The average Bonchev–Trinajstić information content (AvgIpc) is 2.47. The number of nitrogens with one attached hydrogen (secondary N) is 1. The molecule has 1 fully saturated rings. The molecule has 0 aromatic rings. The second kappa shape index (κ2) is 4.42. The topological polar surface area (TPSA) is 52.6 Å². The molecule has 0 spiro atoms. The van der Waals surface area contributed by atoms with Crippen molar-refractivity contribution >= 4 is 5.91 Å². The second-order valence-corrected chi connectivity index (χ2v) is 3.17. The Morgan fingerprint density at radius 3 is 3.00 bits per heavy atom. The standard InChI is InChI=1S/C8H16N2O2/c1-9-8(12)3-5-10-4-2-7(11)6-10/h7,11H,2-6H2,1H3,(H,9,12). The Kier molecular flexibility index (Phi) is 3.49. The van der Waals surface area contributed by atoms with Crippen LogP contribution in [0.3, 0.4) is 0 Å². The molecule has 0 aromatic heterocycles. The van der Waals surface area contributed by atoms with Crippen LogP contribution in [0.4, 0.5) is 0 Å². The first kappa shape index (κ1) is 9.48. The number of aliphatic hydroxyl groups excluding tert-OH is 1. The third kappa shape index (κ3) is 2.79. The van der Waals surface area contributed by atoms with Gasteiger partial charge in [-0.2, -0.15) is 0 Å². The number of amides is 1. The molecule has 1 aliphatic rings. The van der Waals surface area contributed by atoms with E-state index in [-0.39, 0.29) is 12.0 Å². The van der Waals surface area contributed by atoms with Crippen LogP contribution in [0.1, 0.15) is 12.8 Å². The SMILES string of the molecule is CNC(=O)CCN1CCC(O)C1. The van der Waals surface area contributed by atoms with E-state index in [1.165, 1.54) is 0 Å². The number of rotatable bonds is 3. The maximum atomic E-state index is 10.8. The summed E-state index contributed by atoms with van der Waals surface area (Å²) < 4.78 is 0. The van der Waals surface area contributed by atoms with E-state index in [2.05, 4.69) is 10.2 Å². The van der Waals surface area contributed by atoms with Crippen molar-refractivity contribution in [3.63, 3.8) is 0 Å². The molecule has 1 saturated heterocycles. The molecule has 1 heterocycles. The Labute approximate surface area is 72.6 Å². The van der Waals surface area contributed by atoms with Gasteiger partial charge < -0.3 is 15.3 Å². The molecule has 1 unspecified atom stereocenters. The predicted molar refractivity (Wildman–Crippen MR) is 45.7 cm³/mol. The van der Waals surface area contributed by atoms with Gasteiger partial charge in [0.25, 0.3) is 0 Å². The van der Waals surface area contributed by atoms with Crippen LogP contribution >= 0.6 is 0 Å². The lowest BCUT2D eigenvalue weighted by Crippen LogP contribution is -2.28. The van der Waals surface area contributed by atoms with E-state index in [9.17, 15) is 9.90 Å². The molecule has 1 rings (SSSR count). The normalized spacial score (nSPS) is 24.3. The zero-order valence-corrected chi connectivity index (χ0v) is 7.42. The third-order valence-electron chi connectivity index (χ3n) is 2.18. The molecule has 1 atom stereocenters. The van der Waals surface area contributed by atoms with Gasteiger partial charge in [0, 0.05) is 33.1 Å². The first-order chi connectivity index (χ1) is 5.72. The summed E-state index contributed by atoms with van der Waals surface area (Å²) in [5, 5.41) is 11.8. The van der Waals surface area contributed by atoms with Crippen molar-refractivity contribution in [1.29, 1.82) is 0 Å². The van der Waals surface area contributed by atoms with Crippen LogP contribution in [0.15, 0.2) is 0 Å². The minimum atomic E-state index is -0.185. The molecule has 1 aliphatic heterocycles. The smallest absolute Gasteiger partial charge is 0.221 e. The minimum absolute atomic E-state index is 0.0661. The van der Waals surface area contributed by atoms with Gasteiger partial charge in [-0.25, -0.2) is 0 Å². The average molecular weight is 172 g/mol. The Hall–Kier alpha value is -0.610. The van der Waals surface area contributed by atoms with Crippen molar-refractivity contribution in [3.05, 3.63) is 0 Å². The highest BCUT2D eigenvalue weighted by molar-refractivity contribution is 5.75. The number of hydrogen-bond donors (Lipinski definition) is 2. The Bertz CT molecular complexity index is 161. The highest BCUT2D eigenvalue weighted by atomic mass is 16.3. The first-order valence-corrected chi connectivity index (χ1v) is 4.33. The minimum Gasteiger partial charge on any atom is -0.392 e. The largest absolute Gasteiger partial charge is 0.392 e. The van der Waals surface area contributed by atoms with Crippen molar-refractivity contribution in [2.45, 2.75) is 18.9 Å². The van der Waals surface area contributed by atoms with Crippen molar-refractivity contribution in [2.24, 2.45) is 0 Å². The molecule has 1 amide bonds. The van der Waals surface area contributed by atoms with E-state index in [0.717, 1.165) is 26.1 Å². The van der Waals surface area contributed by atoms with Crippen molar-refractivity contribution in [1.82, 2.24) is 10.2 Å². The molecule has 0 bridgehead atoms. The lowest BCUT2D eigenvalue weighted by molar-refractivity contribution is -0.120. The molecule has 12 heavy (non-hydrogen) atoms. The summed E-state index contributed by atoms with van der Waals surface area (Å²) >= 11 is 0. The number of carbonyl (C=O) groups is 1. The van der Waals surface area contributed by atoms with Gasteiger partial charge in [0.2, 0.25) is 5.91 Å². The van der Waals surface area contributed by atoms with Crippen molar-refractivity contribution in [3.8, 4) is 0 Å². The van der Waals surface area contributed by atoms with Gasteiger partial charge >= 0.3 is 0 Å². The number of likely N-dealkylation sites (tertiary alicyclic amines) is 1. The van der Waals surface area contributed by atoms with Gasteiger partial charge in [0.1, 0.15) is 0 Å². The monoisotopic (exact) mass is 172 g/mol. The van der Waals surface area contributed by atoms with Crippen molar-refractivity contribution < 1.29 is 9.90 Å². The van der Waals surface area contributed by atoms with E-state index in [4.69, 9.17) is 0 Å². The number of β-amino-alcohol motifs (C(OH)–C–C–N with tert-alkyl or cyclic N) is 1. The quantitative estimate of drug-likeness (QED) is 0.585. The summed E-state index contributed by atoms with van der Waals surface area (Å²) in [4.78, 5) is 13.0. The molecule has 0 aromatic carbocycles. The van der Waals surface area contributed by atoms with Gasteiger partial charge in [-0.05, 0) is 6.42 Å². The molecule has 0 saturated carbocycles. The molecule has 4 heteroatoms. The van der Waals surface area contributed by atoms with Gasteiger partial charge in [-0.3, -0.25) is 4.79 Å². The van der Waals surface area contributed by atoms with Crippen LogP contribution in [0.25, 0.3) is 0 Å². The van der Waals surface area contributed by atoms with Gasteiger partial charge in [0.15, 0.2) is 0 Å². The summed E-state index contributed by atoms with van der Waals surface area (Å²) in [6.07, 6.45) is 1.19. The maximum Gasteiger partial charge on any atom is 0.221 e. The number of hydrogen-bond acceptors (Lipinski definition) is 3. The zero-order chi connectivity index (χ0) is 8.97. The van der Waals surface area contributed by atoms with Crippen molar-refractivity contribution in [2.75, 3.05) is 26.7 Å². The fourth-order valence-electron chi connectivity index (χ4n) is 1.40. The lowest BCUT2D eigenvalue weighted by Gasteiger charge is -2.13. The molecule has 0 aliphatic carbocycles. The fraction of sp³-hybridized carbons (Fsp3) is 0.875. The molecule has 4 nitrogen and oxygen atoms in total. The van der Waals surface area contributed by atoms with Crippen LogP contribution in [-0.2, 0) is 4.79 Å². The van der Waals surface area contributed by atoms with E-state index in [0.29, 0.717) is 6.42 Å². The van der Waals surface area contributed by atoms with E-state index in [1.807, 2.05) is 0 Å². The predicted octanol–water partition coefficient (Wildman–Crippen LogP) is -0.811. The molecule has 70 valence electrons. The Morgan fingerprint density at radius 2 is 2.50 bits per heavy atom. The Balaban J connectivity index is 2.11. The van der Waals surface area contributed by atoms with Gasteiger partial charge in [-0.15, -0.1) is 0 Å². The first-order valence-electron chi connectivity index (χ1n) is 4.33. The fourth-order valence-corrected chi connectivity index (χ4v) is 1.40. The maximum absolute atomic E-state index is 10.8. The van der Waals surface area contributed by atoms with Crippen LogP contribution in [0, 0.1) is 0 Å².